The molecule has 106 valence electrons. The van der Waals surface area contributed by atoms with Gasteiger partial charge in [-0.05, 0) is 44.5 Å². The first-order chi connectivity index (χ1) is 9.45. The molecule has 1 amide bonds. The molecular weight excluding hydrogens is 322 g/mol. The van der Waals surface area contributed by atoms with E-state index in [2.05, 4.69) is 31.7 Å². The number of amides is 1. The van der Waals surface area contributed by atoms with Crippen LogP contribution >= 0.6 is 15.9 Å². The van der Waals surface area contributed by atoms with Crippen molar-refractivity contribution in [3.05, 3.63) is 40.0 Å². The number of aromatic nitrogens is 1. The summed E-state index contributed by atoms with van der Waals surface area (Å²) in [7, 11) is 0. The van der Waals surface area contributed by atoms with Crippen LogP contribution in [-0.2, 0) is 4.79 Å². The number of nitrogens with zero attached hydrogens (tertiary/aromatic N) is 1. The van der Waals surface area contributed by atoms with Crippen LogP contribution in [0.3, 0.4) is 0 Å². The largest absolute Gasteiger partial charge is 0.374 e. The average Bonchev–Trinajstić information content (AvgIpc) is 2.79. The molecule has 1 heterocycles. The van der Waals surface area contributed by atoms with E-state index in [0.29, 0.717) is 5.88 Å². The Balaban J connectivity index is 1.98. The molecule has 0 saturated heterocycles. The molecule has 0 radical (unpaired) electrons. The molecule has 0 saturated carbocycles. The number of hydrogen-bond donors (Lipinski definition) is 2. The monoisotopic (exact) mass is 337 g/mol. The summed E-state index contributed by atoms with van der Waals surface area (Å²) in [6, 6.07) is 7.13. The van der Waals surface area contributed by atoms with Gasteiger partial charge in [0.2, 0.25) is 11.8 Å². The average molecular weight is 338 g/mol. The van der Waals surface area contributed by atoms with Crippen molar-refractivity contribution in [2.24, 2.45) is 0 Å². The maximum Gasteiger partial charge on any atom is 0.248 e. The molecule has 0 aliphatic rings. The molecule has 0 unspecified atom stereocenters. The van der Waals surface area contributed by atoms with E-state index in [4.69, 9.17) is 4.52 Å². The molecule has 0 aliphatic carbocycles. The zero-order valence-corrected chi connectivity index (χ0v) is 13.1. The van der Waals surface area contributed by atoms with Crippen LogP contribution in [-0.4, -0.2) is 17.1 Å². The van der Waals surface area contributed by atoms with Gasteiger partial charge < -0.3 is 9.84 Å². The molecule has 0 spiro atoms. The third-order valence-electron chi connectivity index (χ3n) is 2.81. The number of nitrogens with one attached hydrogen (secondary N) is 2. The summed E-state index contributed by atoms with van der Waals surface area (Å²) in [5.74, 6) is 0.176. The van der Waals surface area contributed by atoms with Crippen LogP contribution in [0.15, 0.2) is 33.3 Å². The van der Waals surface area contributed by atoms with Crippen LogP contribution in [0.5, 0.6) is 0 Å². The lowest BCUT2D eigenvalue weighted by atomic mass is 10.2. The number of aryl methyl sites for hydroxylation is 2. The summed E-state index contributed by atoms with van der Waals surface area (Å²) in [5, 5.41) is 9.53. The maximum atomic E-state index is 12.0. The minimum absolute atomic E-state index is 0.179. The molecule has 20 heavy (non-hydrogen) atoms. The predicted octanol–water partition coefficient (Wildman–Crippen LogP) is 3.49. The summed E-state index contributed by atoms with van der Waals surface area (Å²) in [4.78, 5) is 12.0. The summed E-state index contributed by atoms with van der Waals surface area (Å²) in [5.41, 5.74) is 2.72. The lowest BCUT2D eigenvalue weighted by Crippen LogP contribution is -2.31. The van der Waals surface area contributed by atoms with E-state index in [1.54, 1.807) is 19.9 Å². The molecular formula is C14H16BrN3O2. The molecule has 5 nitrogen and oxygen atoms in total. The Bertz CT molecular complexity index is 625. The standard InChI is InChI=1S/C14H16BrN3O2/c1-8-6-11(4-5-12(8)15)16-10(3)14(19)17-13-7-9(2)18-20-13/h4-7,10,16H,1-3H3,(H,17,19)/t10-/m0/s1. The number of halogens is 1. The van der Waals surface area contributed by atoms with Gasteiger partial charge in [0, 0.05) is 16.2 Å². The minimum Gasteiger partial charge on any atom is -0.374 e. The van der Waals surface area contributed by atoms with Crippen LogP contribution in [0, 0.1) is 13.8 Å². The van der Waals surface area contributed by atoms with Crippen molar-refractivity contribution < 1.29 is 9.32 Å². The molecule has 0 fully saturated rings. The zero-order chi connectivity index (χ0) is 14.7. The number of carbonyl (C=O) groups excluding carboxylic acids is 1. The van der Waals surface area contributed by atoms with Crippen molar-refractivity contribution in [3.8, 4) is 0 Å². The summed E-state index contributed by atoms with van der Waals surface area (Å²) in [6.45, 7) is 5.58. The smallest absolute Gasteiger partial charge is 0.248 e. The molecule has 0 aliphatic heterocycles. The molecule has 6 heteroatoms. The molecule has 1 aromatic carbocycles. The normalized spacial score (nSPS) is 12.0. The summed E-state index contributed by atoms with van der Waals surface area (Å²) < 4.78 is 5.99. The van der Waals surface area contributed by atoms with Gasteiger partial charge in [-0.2, -0.15) is 0 Å². The Morgan fingerprint density at radius 2 is 2.10 bits per heavy atom. The lowest BCUT2D eigenvalue weighted by molar-refractivity contribution is -0.116. The highest BCUT2D eigenvalue weighted by Gasteiger charge is 2.15. The third-order valence-corrected chi connectivity index (χ3v) is 3.70. The fourth-order valence-electron chi connectivity index (χ4n) is 1.70. The third kappa shape index (κ3) is 3.60. The van der Waals surface area contributed by atoms with E-state index in [0.717, 1.165) is 21.4 Å². The molecule has 0 bridgehead atoms. The van der Waals surface area contributed by atoms with E-state index in [-0.39, 0.29) is 11.9 Å². The molecule has 2 rings (SSSR count). The van der Waals surface area contributed by atoms with E-state index >= 15 is 0 Å². The quantitative estimate of drug-likeness (QED) is 0.895. The lowest BCUT2D eigenvalue weighted by Gasteiger charge is -2.14. The van der Waals surface area contributed by atoms with Gasteiger partial charge in [0.1, 0.15) is 6.04 Å². The van der Waals surface area contributed by atoms with Gasteiger partial charge in [-0.15, -0.1) is 0 Å². The van der Waals surface area contributed by atoms with Crippen LogP contribution < -0.4 is 10.6 Å². The van der Waals surface area contributed by atoms with Gasteiger partial charge in [0.15, 0.2) is 0 Å². The second-order valence-electron chi connectivity index (χ2n) is 4.65. The van der Waals surface area contributed by atoms with Gasteiger partial charge in [-0.25, -0.2) is 0 Å². The molecule has 2 N–H and O–H groups in total. The topological polar surface area (TPSA) is 67.2 Å². The van der Waals surface area contributed by atoms with Gasteiger partial charge in [0.25, 0.3) is 0 Å². The van der Waals surface area contributed by atoms with Crippen LogP contribution in [0.25, 0.3) is 0 Å². The highest BCUT2D eigenvalue weighted by atomic mass is 79.9. The Kier molecular flexibility index (Phi) is 4.44. The Morgan fingerprint density at radius 3 is 2.70 bits per heavy atom. The number of hydrogen-bond acceptors (Lipinski definition) is 4. The van der Waals surface area contributed by atoms with Crippen LogP contribution in [0.4, 0.5) is 11.6 Å². The highest BCUT2D eigenvalue weighted by molar-refractivity contribution is 9.10. The fraction of sp³-hybridized carbons (Fsp3) is 0.286. The number of rotatable bonds is 4. The second kappa shape index (κ2) is 6.09. The SMILES string of the molecule is Cc1cc(NC(=O)[C@H](C)Nc2ccc(Br)c(C)c2)on1. The highest BCUT2D eigenvalue weighted by Crippen LogP contribution is 2.20. The fourth-order valence-corrected chi connectivity index (χ4v) is 1.95. The summed E-state index contributed by atoms with van der Waals surface area (Å²) >= 11 is 3.44. The van der Waals surface area contributed by atoms with Crippen molar-refractivity contribution in [2.45, 2.75) is 26.8 Å². The van der Waals surface area contributed by atoms with E-state index in [1.807, 2.05) is 25.1 Å². The van der Waals surface area contributed by atoms with Crippen LogP contribution in [0.1, 0.15) is 18.2 Å². The van der Waals surface area contributed by atoms with Gasteiger partial charge in [-0.1, -0.05) is 21.1 Å². The summed E-state index contributed by atoms with van der Waals surface area (Å²) in [6.07, 6.45) is 0. The number of carbonyl (C=O) groups is 1. The Morgan fingerprint density at radius 1 is 1.35 bits per heavy atom. The maximum absolute atomic E-state index is 12.0. The molecule has 2 aromatic rings. The van der Waals surface area contributed by atoms with Crippen molar-refractivity contribution in [3.63, 3.8) is 0 Å². The van der Waals surface area contributed by atoms with E-state index < -0.39 is 0 Å². The van der Waals surface area contributed by atoms with Crippen molar-refractivity contribution in [1.29, 1.82) is 0 Å². The predicted molar refractivity (Wildman–Crippen MR) is 81.8 cm³/mol. The number of anilines is 2. The van der Waals surface area contributed by atoms with Crippen molar-refractivity contribution in [1.82, 2.24) is 5.16 Å². The minimum atomic E-state index is -0.388. The Labute approximate surface area is 125 Å². The first-order valence-electron chi connectivity index (χ1n) is 6.22. The zero-order valence-electron chi connectivity index (χ0n) is 11.5. The van der Waals surface area contributed by atoms with Gasteiger partial charge in [-0.3, -0.25) is 10.1 Å². The second-order valence-corrected chi connectivity index (χ2v) is 5.51. The van der Waals surface area contributed by atoms with Gasteiger partial charge in [0.05, 0.1) is 5.69 Å². The Hall–Kier alpha value is -1.82. The van der Waals surface area contributed by atoms with E-state index in [1.165, 1.54) is 0 Å². The molecule has 1 atom stereocenters. The van der Waals surface area contributed by atoms with Crippen molar-refractivity contribution >= 4 is 33.4 Å². The van der Waals surface area contributed by atoms with Crippen molar-refractivity contribution in [2.75, 3.05) is 10.6 Å². The van der Waals surface area contributed by atoms with E-state index in [9.17, 15) is 4.79 Å². The first-order valence-corrected chi connectivity index (χ1v) is 7.02. The number of benzene rings is 1. The van der Waals surface area contributed by atoms with Gasteiger partial charge >= 0.3 is 0 Å². The first kappa shape index (κ1) is 14.6. The van der Waals surface area contributed by atoms with Crippen LogP contribution in [0.2, 0.25) is 0 Å². The molecule has 1 aromatic heterocycles.